The molecule has 5 nitrogen and oxygen atoms in total. The van der Waals surface area contributed by atoms with E-state index in [1.165, 1.54) is 11.3 Å². The lowest BCUT2D eigenvalue weighted by Gasteiger charge is -2.13. The number of nitrogens with one attached hydrogen (secondary N) is 1. The van der Waals surface area contributed by atoms with Crippen molar-refractivity contribution in [3.05, 3.63) is 63.0 Å². The Balaban J connectivity index is 0.00000145. The number of carbonyl (C=O) groups excluding carboxylic acids is 1. The minimum atomic E-state index is -0.103. The Morgan fingerprint density at radius 2 is 1.90 bits per heavy atom. The van der Waals surface area contributed by atoms with Gasteiger partial charge in [0, 0.05) is 23.7 Å². The normalized spacial score (nSPS) is 10.9. The second-order valence-corrected chi connectivity index (χ2v) is 8.68. The summed E-state index contributed by atoms with van der Waals surface area (Å²) in [5.74, 6) is -0.103. The quantitative estimate of drug-likeness (QED) is 0.530. The number of aryl methyl sites for hydroxylation is 1. The van der Waals surface area contributed by atoms with E-state index in [1.807, 2.05) is 45.0 Å². The predicted molar refractivity (Wildman–Crippen MR) is 121 cm³/mol. The third-order valence-corrected chi connectivity index (χ3v) is 5.68. The molecule has 0 aliphatic rings. The first kappa shape index (κ1) is 23.0. The lowest BCUT2D eigenvalue weighted by atomic mass is 9.98. The van der Waals surface area contributed by atoms with E-state index in [0.29, 0.717) is 11.4 Å². The van der Waals surface area contributed by atoms with Gasteiger partial charge in [-0.1, -0.05) is 46.8 Å². The van der Waals surface area contributed by atoms with Crippen molar-refractivity contribution in [3.8, 4) is 11.3 Å². The van der Waals surface area contributed by atoms with Crippen molar-refractivity contribution in [3.63, 3.8) is 0 Å². The van der Waals surface area contributed by atoms with Gasteiger partial charge >= 0.3 is 0 Å². The van der Waals surface area contributed by atoms with E-state index < -0.39 is 0 Å². The van der Waals surface area contributed by atoms with Crippen LogP contribution in [0, 0.1) is 6.92 Å². The zero-order valence-corrected chi connectivity index (χ0v) is 19.3. The number of nitrogens with zero attached hydrogens (tertiary/aromatic N) is 3. The second-order valence-electron chi connectivity index (χ2n) is 7.31. The molecule has 7 heteroatoms. The first-order valence-electron chi connectivity index (χ1n) is 9.57. The van der Waals surface area contributed by atoms with Gasteiger partial charge in [0.2, 0.25) is 5.28 Å². The highest BCUT2D eigenvalue weighted by atomic mass is 35.5. The zero-order valence-electron chi connectivity index (χ0n) is 17.7. The molecule has 3 rings (SSSR count). The Morgan fingerprint density at radius 3 is 2.48 bits per heavy atom. The molecule has 0 radical (unpaired) electrons. The summed E-state index contributed by atoms with van der Waals surface area (Å²) in [6.07, 6.45) is 3.28. The number of carbonyl (C=O) groups is 1. The Hall–Kier alpha value is -2.31. The summed E-state index contributed by atoms with van der Waals surface area (Å²) < 4.78 is 0. The van der Waals surface area contributed by atoms with Crippen LogP contribution in [0.3, 0.4) is 0 Å². The molecule has 0 aliphatic carbocycles. The van der Waals surface area contributed by atoms with Crippen molar-refractivity contribution in [2.45, 2.75) is 53.5 Å². The average molecular weight is 431 g/mol. The molecule has 0 saturated heterocycles. The van der Waals surface area contributed by atoms with E-state index in [9.17, 15) is 4.79 Å². The number of aromatic nitrogens is 3. The monoisotopic (exact) mass is 430 g/mol. The lowest BCUT2D eigenvalue weighted by molar-refractivity contribution is 0.0954. The molecule has 0 aliphatic heterocycles. The molecule has 0 bridgehead atoms. The highest BCUT2D eigenvalue weighted by Crippen LogP contribution is 2.27. The third kappa shape index (κ3) is 6.08. The summed E-state index contributed by atoms with van der Waals surface area (Å²) in [6, 6.07) is 7.81. The molecule has 0 fully saturated rings. The summed E-state index contributed by atoms with van der Waals surface area (Å²) in [6.45, 7) is 12.7. The van der Waals surface area contributed by atoms with Gasteiger partial charge in [0.05, 0.1) is 16.9 Å². The van der Waals surface area contributed by atoms with Gasteiger partial charge in [-0.05, 0) is 41.8 Å². The fourth-order valence-electron chi connectivity index (χ4n) is 2.54. The van der Waals surface area contributed by atoms with Crippen LogP contribution >= 0.6 is 22.9 Å². The number of amides is 1. The van der Waals surface area contributed by atoms with Crippen LogP contribution < -0.4 is 5.32 Å². The largest absolute Gasteiger partial charge is 0.347 e. The van der Waals surface area contributed by atoms with Gasteiger partial charge in [-0.3, -0.25) is 4.79 Å². The van der Waals surface area contributed by atoms with Gasteiger partial charge in [0.1, 0.15) is 4.88 Å². The number of hydrogen-bond acceptors (Lipinski definition) is 5. The fraction of sp³-hybridized carbons (Fsp3) is 0.364. The summed E-state index contributed by atoms with van der Waals surface area (Å²) in [4.78, 5) is 25.6. The van der Waals surface area contributed by atoms with Crippen LogP contribution in [0.1, 0.15) is 60.4 Å². The summed E-state index contributed by atoms with van der Waals surface area (Å²) >= 11 is 7.30. The average Bonchev–Trinajstić information content (AvgIpc) is 3.19. The number of rotatable bonds is 4. The smallest absolute Gasteiger partial charge is 0.263 e. The van der Waals surface area contributed by atoms with Gasteiger partial charge in [-0.25, -0.2) is 15.0 Å². The topological polar surface area (TPSA) is 67.8 Å². The van der Waals surface area contributed by atoms with Crippen molar-refractivity contribution in [1.82, 2.24) is 20.3 Å². The van der Waals surface area contributed by atoms with E-state index in [0.717, 1.165) is 27.4 Å². The molecule has 0 saturated carbocycles. The van der Waals surface area contributed by atoms with Gasteiger partial charge in [-0.15, -0.1) is 11.3 Å². The lowest BCUT2D eigenvalue weighted by Crippen LogP contribution is -2.22. The van der Waals surface area contributed by atoms with Crippen LogP contribution in [-0.2, 0) is 12.0 Å². The molecular weight excluding hydrogens is 404 g/mol. The van der Waals surface area contributed by atoms with Crippen LogP contribution in [0.15, 0.2) is 36.7 Å². The molecule has 0 unspecified atom stereocenters. The van der Waals surface area contributed by atoms with Crippen molar-refractivity contribution in [2.24, 2.45) is 0 Å². The van der Waals surface area contributed by atoms with E-state index in [1.54, 1.807) is 12.4 Å². The maximum atomic E-state index is 12.4. The molecule has 2 aromatic heterocycles. The van der Waals surface area contributed by atoms with Crippen molar-refractivity contribution >= 4 is 28.8 Å². The molecule has 1 amide bonds. The summed E-state index contributed by atoms with van der Waals surface area (Å²) in [5, 5.41) is 4.15. The van der Waals surface area contributed by atoms with Gasteiger partial charge in [0.15, 0.2) is 0 Å². The van der Waals surface area contributed by atoms with Crippen LogP contribution in [0.5, 0.6) is 0 Å². The first-order chi connectivity index (χ1) is 13.7. The molecule has 29 heavy (non-hydrogen) atoms. The van der Waals surface area contributed by atoms with E-state index in [2.05, 4.69) is 41.0 Å². The Kier molecular flexibility index (Phi) is 7.88. The predicted octanol–water partition coefficient (Wildman–Crippen LogP) is 5.82. The van der Waals surface area contributed by atoms with E-state index in [4.69, 9.17) is 11.6 Å². The van der Waals surface area contributed by atoms with Crippen LogP contribution in [0.4, 0.5) is 0 Å². The first-order valence-corrected chi connectivity index (χ1v) is 10.8. The van der Waals surface area contributed by atoms with Crippen LogP contribution in [-0.4, -0.2) is 20.9 Å². The highest BCUT2D eigenvalue weighted by Gasteiger charge is 2.20. The zero-order chi connectivity index (χ0) is 21.6. The standard InChI is InChI=1S/C20H21ClN4OS.C2H6/c1-12-9-13(15-7-8-22-19(21)25-15)5-6-14(12)10-23-17(26)16-11-24-18(27-16)20(2,3)4;1-2/h5-9,11H,10H2,1-4H3,(H,23,26);1-2H3. The number of benzene rings is 1. The Labute approximate surface area is 181 Å². The third-order valence-electron chi connectivity index (χ3n) is 4.08. The minimum absolute atomic E-state index is 0.0560. The number of thiazole rings is 1. The second kappa shape index (κ2) is 9.94. The molecule has 0 atom stereocenters. The number of halogens is 1. The van der Waals surface area contributed by atoms with Gasteiger partial charge < -0.3 is 5.32 Å². The molecule has 0 spiro atoms. The summed E-state index contributed by atoms with van der Waals surface area (Å²) in [7, 11) is 0. The van der Waals surface area contributed by atoms with Crippen molar-refractivity contribution in [2.75, 3.05) is 0 Å². The molecule has 1 aromatic carbocycles. The molecule has 1 N–H and O–H groups in total. The van der Waals surface area contributed by atoms with Crippen LogP contribution in [0.2, 0.25) is 5.28 Å². The van der Waals surface area contributed by atoms with Crippen LogP contribution in [0.25, 0.3) is 11.3 Å². The minimum Gasteiger partial charge on any atom is -0.347 e. The molecule has 2 heterocycles. The maximum Gasteiger partial charge on any atom is 0.263 e. The Morgan fingerprint density at radius 1 is 1.17 bits per heavy atom. The maximum absolute atomic E-state index is 12.4. The SMILES string of the molecule is CC.Cc1cc(-c2ccnc(Cl)n2)ccc1CNC(=O)c1cnc(C(C)(C)C)s1. The molecule has 154 valence electrons. The van der Waals surface area contributed by atoms with Gasteiger partial charge in [0.25, 0.3) is 5.91 Å². The van der Waals surface area contributed by atoms with E-state index >= 15 is 0 Å². The molecule has 3 aromatic rings. The number of hydrogen-bond donors (Lipinski definition) is 1. The Bertz CT molecular complexity index is 979. The van der Waals surface area contributed by atoms with Crippen molar-refractivity contribution in [1.29, 1.82) is 0 Å². The highest BCUT2D eigenvalue weighted by molar-refractivity contribution is 7.13. The van der Waals surface area contributed by atoms with Crippen molar-refractivity contribution < 1.29 is 4.79 Å². The molecular formula is C22H27ClN4OS. The fourth-order valence-corrected chi connectivity index (χ4v) is 3.58. The summed E-state index contributed by atoms with van der Waals surface area (Å²) in [5.41, 5.74) is 3.80. The van der Waals surface area contributed by atoms with E-state index in [-0.39, 0.29) is 16.6 Å². The van der Waals surface area contributed by atoms with Gasteiger partial charge in [-0.2, -0.15) is 0 Å².